The van der Waals surface area contributed by atoms with E-state index >= 15 is 0 Å². The quantitative estimate of drug-likeness (QED) is 0.239. The molecule has 9 nitrogen and oxygen atoms in total. The minimum absolute atomic E-state index is 0.0232. The lowest BCUT2D eigenvalue weighted by Crippen LogP contribution is -2.50. The van der Waals surface area contributed by atoms with Crippen LogP contribution in [0.1, 0.15) is 51.4 Å². The van der Waals surface area contributed by atoms with Crippen LogP contribution in [0.3, 0.4) is 0 Å². The third-order valence-electron chi connectivity index (χ3n) is 6.75. The minimum atomic E-state index is -0.190. The van der Waals surface area contributed by atoms with Crippen molar-refractivity contribution in [3.05, 3.63) is 28.4 Å². The largest absolute Gasteiger partial charge is 0.633 e. The molecular weight excluding hydrogens is 442 g/mol. The van der Waals surface area contributed by atoms with E-state index in [0.29, 0.717) is 42.7 Å². The van der Waals surface area contributed by atoms with Gasteiger partial charge in [-0.3, -0.25) is 0 Å². The zero-order valence-corrected chi connectivity index (χ0v) is 20.2. The summed E-state index contributed by atoms with van der Waals surface area (Å²) < 4.78 is -0.190. The van der Waals surface area contributed by atoms with Crippen LogP contribution in [0.2, 0.25) is 5.02 Å². The smallest absolute Gasteiger partial charge is 0.233 e. The number of hydroxylamine groups is 3. The van der Waals surface area contributed by atoms with Gasteiger partial charge in [0.05, 0.1) is 25.2 Å². The van der Waals surface area contributed by atoms with Gasteiger partial charge in [0, 0.05) is 37.7 Å². The molecule has 0 spiro atoms. The van der Waals surface area contributed by atoms with E-state index in [2.05, 4.69) is 25.5 Å². The second kappa shape index (κ2) is 10.3. The van der Waals surface area contributed by atoms with Gasteiger partial charge in [0.2, 0.25) is 17.8 Å². The molecule has 1 aliphatic carbocycles. The van der Waals surface area contributed by atoms with Gasteiger partial charge in [-0.2, -0.15) is 15.0 Å². The zero-order valence-electron chi connectivity index (χ0n) is 19.4. The molecule has 2 aliphatic rings. The van der Waals surface area contributed by atoms with E-state index in [1.165, 1.54) is 31.7 Å². The maximum Gasteiger partial charge on any atom is 0.233 e. The summed E-state index contributed by atoms with van der Waals surface area (Å²) in [5.41, 5.74) is 0.676. The number of nitrogens with zero attached hydrogens (tertiary/aromatic N) is 5. The van der Waals surface area contributed by atoms with E-state index in [1.807, 2.05) is 7.05 Å². The Morgan fingerprint density at radius 3 is 2.36 bits per heavy atom. The number of phenols is 1. The van der Waals surface area contributed by atoms with Crippen molar-refractivity contribution in [1.29, 1.82) is 0 Å². The molecule has 0 bridgehead atoms. The molecule has 33 heavy (non-hydrogen) atoms. The summed E-state index contributed by atoms with van der Waals surface area (Å²) in [6.45, 7) is 1.18. The first-order valence-electron chi connectivity index (χ1n) is 11.9. The summed E-state index contributed by atoms with van der Waals surface area (Å²) in [5.74, 6) is 1.55. The Labute approximate surface area is 200 Å². The van der Waals surface area contributed by atoms with Crippen LogP contribution >= 0.6 is 11.6 Å². The van der Waals surface area contributed by atoms with Crippen LogP contribution in [0.15, 0.2) is 18.2 Å². The molecule has 1 aromatic carbocycles. The summed E-state index contributed by atoms with van der Waals surface area (Å²) >= 11 is 6.07. The van der Waals surface area contributed by atoms with Crippen LogP contribution in [0.25, 0.3) is 0 Å². The normalized spacial score (nSPS) is 24.2. The number of aromatic nitrogens is 3. The number of nitrogens with one attached hydrogen (secondary N) is 2. The first kappa shape index (κ1) is 23.8. The van der Waals surface area contributed by atoms with Crippen LogP contribution in [-0.4, -0.2) is 64.0 Å². The maximum atomic E-state index is 12.3. The molecule has 0 radical (unpaired) electrons. The zero-order chi connectivity index (χ0) is 23.4. The van der Waals surface area contributed by atoms with E-state index in [9.17, 15) is 10.3 Å². The van der Waals surface area contributed by atoms with Crippen molar-refractivity contribution in [2.75, 3.05) is 42.7 Å². The van der Waals surface area contributed by atoms with E-state index in [4.69, 9.17) is 16.6 Å². The third-order valence-corrected chi connectivity index (χ3v) is 7.05. The number of aromatic hydroxyl groups is 1. The van der Waals surface area contributed by atoms with Crippen LogP contribution in [0.4, 0.5) is 23.5 Å². The average Bonchev–Trinajstić information content (AvgIpc) is 3.04. The fraction of sp³-hybridized carbons (Fsp3) is 0.609. The fourth-order valence-electron chi connectivity index (χ4n) is 4.61. The number of benzene rings is 1. The van der Waals surface area contributed by atoms with Crippen molar-refractivity contribution in [3.8, 4) is 5.75 Å². The first-order chi connectivity index (χ1) is 15.8. The van der Waals surface area contributed by atoms with Crippen molar-refractivity contribution >= 4 is 35.1 Å². The van der Waals surface area contributed by atoms with Gasteiger partial charge in [-0.1, -0.05) is 37.3 Å². The maximum absolute atomic E-state index is 12.3. The van der Waals surface area contributed by atoms with Crippen LogP contribution in [0, 0.1) is 5.21 Å². The highest BCUT2D eigenvalue weighted by atomic mass is 35.5. The van der Waals surface area contributed by atoms with Crippen molar-refractivity contribution in [2.45, 2.75) is 63.5 Å². The summed E-state index contributed by atoms with van der Waals surface area (Å²) in [5, 5.41) is 29.0. The molecule has 1 saturated heterocycles. The Kier molecular flexibility index (Phi) is 7.41. The van der Waals surface area contributed by atoms with Gasteiger partial charge in [0.25, 0.3) is 0 Å². The number of hydrogen-bond donors (Lipinski definition) is 3. The van der Waals surface area contributed by atoms with Crippen LogP contribution < -0.4 is 15.5 Å². The van der Waals surface area contributed by atoms with E-state index < -0.39 is 0 Å². The van der Waals surface area contributed by atoms with Crippen molar-refractivity contribution in [2.24, 2.45) is 0 Å². The molecule has 2 fully saturated rings. The number of likely N-dealkylation sites (tertiary alicyclic amines) is 1. The van der Waals surface area contributed by atoms with Crippen LogP contribution in [-0.2, 0) is 0 Å². The monoisotopic (exact) mass is 475 g/mol. The van der Waals surface area contributed by atoms with Crippen molar-refractivity contribution < 1.29 is 9.75 Å². The van der Waals surface area contributed by atoms with Gasteiger partial charge in [-0.05, 0) is 31.0 Å². The summed E-state index contributed by atoms with van der Waals surface area (Å²) in [4.78, 5) is 16.1. The molecule has 3 N–H and O–H groups in total. The number of halogens is 1. The van der Waals surface area contributed by atoms with E-state index in [1.54, 1.807) is 19.2 Å². The molecule has 180 valence electrons. The topological polar surface area (TPSA) is 109 Å². The predicted molar refractivity (Wildman–Crippen MR) is 132 cm³/mol. The molecule has 0 unspecified atom stereocenters. The molecule has 4 rings (SSSR count). The lowest BCUT2D eigenvalue weighted by atomic mass is 10.0. The molecule has 0 atom stereocenters. The minimum Gasteiger partial charge on any atom is -0.633 e. The highest BCUT2D eigenvalue weighted by molar-refractivity contribution is 6.32. The Morgan fingerprint density at radius 1 is 1.03 bits per heavy atom. The second-order valence-corrected chi connectivity index (χ2v) is 9.90. The molecule has 10 heteroatoms. The SMILES string of the molecule is CN(c1nc(Nc2ccc(O)c(Cl)c2)nc(NC2CCCCCC2)n1)C1CC[N+](C)([O-])CC1. The van der Waals surface area contributed by atoms with E-state index in [-0.39, 0.29) is 21.5 Å². The number of quaternary nitrogens is 1. The summed E-state index contributed by atoms with van der Waals surface area (Å²) in [7, 11) is 3.72. The molecule has 1 aliphatic heterocycles. The number of phenolic OH excluding ortho intramolecular Hbond substituents is 1. The molecule has 0 amide bonds. The van der Waals surface area contributed by atoms with Gasteiger partial charge >= 0.3 is 0 Å². The predicted octanol–water partition coefficient (Wildman–Crippen LogP) is 4.65. The number of anilines is 4. The Hall–Kier alpha value is -2.36. The number of piperidine rings is 1. The Bertz CT molecular complexity index is 940. The van der Waals surface area contributed by atoms with Gasteiger partial charge < -0.3 is 30.5 Å². The summed E-state index contributed by atoms with van der Waals surface area (Å²) in [6, 6.07) is 5.44. The number of hydrogen-bond acceptors (Lipinski definition) is 8. The first-order valence-corrected chi connectivity index (χ1v) is 12.2. The lowest BCUT2D eigenvalue weighted by Gasteiger charge is -2.45. The van der Waals surface area contributed by atoms with Gasteiger partial charge in [-0.25, -0.2) is 0 Å². The summed E-state index contributed by atoms with van der Waals surface area (Å²) in [6.07, 6.45) is 8.77. The highest BCUT2D eigenvalue weighted by Crippen LogP contribution is 2.29. The van der Waals surface area contributed by atoms with Crippen LogP contribution in [0.5, 0.6) is 5.75 Å². The fourth-order valence-corrected chi connectivity index (χ4v) is 4.79. The number of rotatable bonds is 6. The van der Waals surface area contributed by atoms with Gasteiger partial charge in [0.15, 0.2) is 0 Å². The van der Waals surface area contributed by atoms with Crippen molar-refractivity contribution in [1.82, 2.24) is 15.0 Å². The molecule has 1 saturated carbocycles. The standard InChI is InChI=1S/C23H34ClN7O2/c1-30(18-11-13-31(2,33)14-12-18)23-28-21(25-16-7-5-3-4-6-8-16)27-22(29-23)26-17-9-10-20(32)19(24)15-17/h9-10,15-16,18,32H,3-8,11-14H2,1-2H3,(H2,25,26,27,28,29). The molecule has 2 aromatic rings. The Balaban J connectivity index is 1.58. The van der Waals surface area contributed by atoms with Gasteiger partial charge in [-0.15, -0.1) is 0 Å². The average molecular weight is 476 g/mol. The highest BCUT2D eigenvalue weighted by Gasteiger charge is 2.28. The lowest BCUT2D eigenvalue weighted by molar-refractivity contribution is -0.865. The second-order valence-electron chi connectivity index (χ2n) is 9.49. The third kappa shape index (κ3) is 6.37. The van der Waals surface area contributed by atoms with Crippen molar-refractivity contribution in [3.63, 3.8) is 0 Å². The molecular formula is C23H34ClN7O2. The van der Waals surface area contributed by atoms with E-state index in [0.717, 1.165) is 25.7 Å². The molecule has 2 heterocycles. The molecule has 1 aromatic heterocycles. The Morgan fingerprint density at radius 2 is 1.70 bits per heavy atom. The van der Waals surface area contributed by atoms with Gasteiger partial charge in [0.1, 0.15) is 5.75 Å².